The fraction of sp³-hybridized carbons (Fsp3) is 0.333. The van der Waals surface area contributed by atoms with E-state index >= 15 is 0 Å². The van der Waals surface area contributed by atoms with E-state index in [1.165, 1.54) is 6.07 Å². The third-order valence-electron chi connectivity index (χ3n) is 1.77. The van der Waals surface area contributed by atoms with Crippen molar-refractivity contribution in [3.8, 4) is 0 Å². The van der Waals surface area contributed by atoms with Crippen molar-refractivity contribution in [1.82, 2.24) is 0 Å². The van der Waals surface area contributed by atoms with Crippen LogP contribution in [0, 0.1) is 11.6 Å². The van der Waals surface area contributed by atoms with E-state index in [9.17, 15) is 8.78 Å². The van der Waals surface area contributed by atoms with Crippen molar-refractivity contribution in [2.45, 2.75) is 18.9 Å². The molecule has 1 rings (SSSR count). The Morgan fingerprint density at radius 1 is 1.42 bits per heavy atom. The van der Waals surface area contributed by atoms with Gasteiger partial charge in [-0.05, 0) is 17.2 Å². The fourth-order valence-electron chi connectivity index (χ4n) is 1.01. The number of hydrogen-bond acceptors (Lipinski definition) is 0. The van der Waals surface area contributed by atoms with Crippen LogP contribution in [0.3, 0.4) is 0 Å². The number of benzene rings is 1. The van der Waals surface area contributed by atoms with Gasteiger partial charge in [0.1, 0.15) is 0 Å². The van der Waals surface area contributed by atoms with Gasteiger partial charge < -0.3 is 0 Å². The molecule has 12 heavy (non-hydrogen) atoms. The van der Waals surface area contributed by atoms with Crippen molar-refractivity contribution in [2.75, 3.05) is 0 Å². The molecule has 0 nitrogen and oxygen atoms in total. The summed E-state index contributed by atoms with van der Waals surface area (Å²) in [5, 5.41) is 0. The Morgan fingerprint density at radius 2 is 2.08 bits per heavy atom. The highest BCUT2D eigenvalue weighted by Gasteiger charge is 2.11. The summed E-state index contributed by atoms with van der Waals surface area (Å²) in [6.45, 7) is 1.90. The molecule has 0 bridgehead atoms. The van der Waals surface area contributed by atoms with Crippen LogP contribution >= 0.6 is 0 Å². The zero-order chi connectivity index (χ0) is 9.14. The van der Waals surface area contributed by atoms with Gasteiger partial charge in [0, 0.05) is 10.2 Å². The van der Waals surface area contributed by atoms with Gasteiger partial charge in [0.15, 0.2) is 11.6 Å². The second-order valence-corrected chi connectivity index (χ2v) is 3.30. The van der Waals surface area contributed by atoms with Crippen LogP contribution in [0.4, 0.5) is 8.78 Å². The second-order valence-electron chi connectivity index (χ2n) is 2.60. The number of rotatable bonds is 2. The lowest BCUT2D eigenvalue weighted by Gasteiger charge is -2.09. The predicted octanol–water partition coefficient (Wildman–Crippen LogP) is 2.58. The van der Waals surface area contributed by atoms with Crippen molar-refractivity contribution < 1.29 is 8.78 Å². The Kier molecular flexibility index (Phi) is 2.97. The molecule has 0 aliphatic heterocycles. The maximum Gasteiger partial charge on any atom is 0.161 e. The predicted molar refractivity (Wildman–Crippen MR) is 45.1 cm³/mol. The zero-order valence-electron chi connectivity index (χ0n) is 6.77. The van der Waals surface area contributed by atoms with Gasteiger partial charge in [0.2, 0.25) is 0 Å². The van der Waals surface area contributed by atoms with E-state index in [1.54, 1.807) is 6.07 Å². The molecule has 0 saturated heterocycles. The van der Waals surface area contributed by atoms with Gasteiger partial charge >= 0.3 is 0 Å². The van der Waals surface area contributed by atoms with Gasteiger partial charge in [-0.15, -0.1) is 0 Å². The number of halogens is 2. The van der Waals surface area contributed by atoms with Crippen molar-refractivity contribution >= 4 is 10.2 Å². The Labute approximate surface area is 74.0 Å². The Bertz CT molecular complexity index is 273. The largest absolute Gasteiger partial charge is 0.204 e. The first-order chi connectivity index (χ1) is 5.66. The third kappa shape index (κ3) is 1.72. The van der Waals surface area contributed by atoms with E-state index in [2.05, 4.69) is 10.2 Å². The molecule has 1 aromatic carbocycles. The third-order valence-corrected chi connectivity index (χ3v) is 2.48. The standard InChI is InChI=1S/C9H9F2Si/c1-2-8(12)6-4-3-5-7(10)9(6)11/h3-5,8H,2H2,1H3. The molecular formula is C9H9F2Si. The van der Waals surface area contributed by atoms with E-state index in [0.29, 0.717) is 5.56 Å². The molecule has 0 saturated carbocycles. The summed E-state index contributed by atoms with van der Waals surface area (Å²) in [4.78, 5) is 0. The van der Waals surface area contributed by atoms with Crippen molar-refractivity contribution in [2.24, 2.45) is 0 Å². The van der Waals surface area contributed by atoms with Crippen molar-refractivity contribution in [3.63, 3.8) is 0 Å². The molecule has 1 atom stereocenters. The van der Waals surface area contributed by atoms with Gasteiger partial charge in [0.05, 0.1) is 0 Å². The van der Waals surface area contributed by atoms with E-state index in [4.69, 9.17) is 0 Å². The van der Waals surface area contributed by atoms with E-state index in [1.807, 2.05) is 6.92 Å². The normalized spacial score (nSPS) is 13.0. The minimum Gasteiger partial charge on any atom is -0.204 e. The lowest BCUT2D eigenvalue weighted by Crippen LogP contribution is -2.01. The summed E-state index contributed by atoms with van der Waals surface area (Å²) in [7, 11) is 3.31. The topological polar surface area (TPSA) is 0 Å². The van der Waals surface area contributed by atoms with E-state index < -0.39 is 11.6 Å². The minimum atomic E-state index is -0.788. The van der Waals surface area contributed by atoms with Crippen LogP contribution in [0.5, 0.6) is 0 Å². The van der Waals surface area contributed by atoms with Crippen molar-refractivity contribution in [1.29, 1.82) is 0 Å². The average Bonchev–Trinajstić information content (AvgIpc) is 2.08. The quantitative estimate of drug-likeness (QED) is 0.618. The van der Waals surface area contributed by atoms with Crippen LogP contribution in [-0.4, -0.2) is 10.2 Å². The number of hydrogen-bond donors (Lipinski definition) is 0. The summed E-state index contributed by atoms with van der Waals surface area (Å²) >= 11 is 0. The molecule has 0 spiro atoms. The summed E-state index contributed by atoms with van der Waals surface area (Å²) in [5.74, 6) is -1.54. The molecule has 1 unspecified atom stereocenters. The minimum absolute atomic E-state index is 0.110. The first kappa shape index (κ1) is 9.39. The van der Waals surface area contributed by atoms with Gasteiger partial charge in [-0.2, -0.15) is 0 Å². The fourth-order valence-corrected chi connectivity index (χ4v) is 1.23. The Hall–Kier alpha value is -0.703. The first-order valence-electron chi connectivity index (χ1n) is 3.81. The molecule has 0 aromatic heterocycles. The monoisotopic (exact) mass is 183 g/mol. The highest BCUT2D eigenvalue weighted by molar-refractivity contribution is 6.12. The molecular weight excluding hydrogens is 174 g/mol. The van der Waals surface area contributed by atoms with E-state index in [-0.39, 0.29) is 5.54 Å². The molecule has 0 aliphatic rings. The average molecular weight is 183 g/mol. The van der Waals surface area contributed by atoms with Crippen LogP contribution < -0.4 is 0 Å². The first-order valence-corrected chi connectivity index (χ1v) is 4.39. The smallest absolute Gasteiger partial charge is 0.161 e. The molecule has 0 amide bonds. The molecule has 0 heterocycles. The summed E-state index contributed by atoms with van der Waals surface area (Å²) < 4.78 is 25.7. The molecule has 0 fully saturated rings. The van der Waals surface area contributed by atoms with Gasteiger partial charge in [0.25, 0.3) is 0 Å². The maximum absolute atomic E-state index is 13.0. The summed E-state index contributed by atoms with van der Waals surface area (Å²) in [5.41, 5.74) is 0.273. The molecule has 0 aliphatic carbocycles. The van der Waals surface area contributed by atoms with Crippen LogP contribution in [-0.2, 0) is 0 Å². The summed E-state index contributed by atoms with van der Waals surface area (Å²) in [6.07, 6.45) is 0.733. The molecule has 3 radical (unpaired) electrons. The molecule has 0 N–H and O–H groups in total. The highest BCUT2D eigenvalue weighted by atomic mass is 28.1. The lowest BCUT2D eigenvalue weighted by atomic mass is 10.1. The van der Waals surface area contributed by atoms with Gasteiger partial charge in [-0.25, -0.2) is 8.78 Å². The van der Waals surface area contributed by atoms with Crippen LogP contribution in [0.1, 0.15) is 24.4 Å². The SMILES string of the molecule is CCC([Si])c1cccc(F)c1F. The van der Waals surface area contributed by atoms with Crippen LogP contribution in [0.25, 0.3) is 0 Å². The van der Waals surface area contributed by atoms with Gasteiger partial charge in [-0.1, -0.05) is 25.5 Å². The zero-order valence-corrected chi connectivity index (χ0v) is 7.77. The van der Waals surface area contributed by atoms with Gasteiger partial charge in [-0.3, -0.25) is 0 Å². The molecule has 1 aromatic rings. The van der Waals surface area contributed by atoms with Crippen LogP contribution in [0.15, 0.2) is 18.2 Å². The highest BCUT2D eigenvalue weighted by Crippen LogP contribution is 2.20. The molecule has 63 valence electrons. The Morgan fingerprint density at radius 3 is 2.67 bits per heavy atom. The van der Waals surface area contributed by atoms with Crippen molar-refractivity contribution in [3.05, 3.63) is 35.4 Å². The van der Waals surface area contributed by atoms with Crippen LogP contribution in [0.2, 0.25) is 0 Å². The second kappa shape index (κ2) is 3.80. The lowest BCUT2D eigenvalue weighted by molar-refractivity contribution is 0.496. The summed E-state index contributed by atoms with van der Waals surface area (Å²) in [6, 6.07) is 4.21. The Balaban J connectivity index is 3.07. The maximum atomic E-state index is 13.0. The molecule has 3 heteroatoms. The van der Waals surface area contributed by atoms with E-state index in [0.717, 1.165) is 12.5 Å².